The molecule has 2 aromatic heterocycles. The predicted molar refractivity (Wildman–Crippen MR) is 167 cm³/mol. The highest BCUT2D eigenvalue weighted by molar-refractivity contribution is 6.07. The Labute approximate surface area is 263 Å². The summed E-state index contributed by atoms with van der Waals surface area (Å²) in [6.45, 7) is 2.25. The van der Waals surface area contributed by atoms with Crippen LogP contribution in [0.1, 0.15) is 54.9 Å². The van der Waals surface area contributed by atoms with Gasteiger partial charge in [0, 0.05) is 42.5 Å². The third-order valence-corrected chi connectivity index (χ3v) is 8.31. The van der Waals surface area contributed by atoms with Gasteiger partial charge in [-0.3, -0.25) is 24.6 Å². The number of carbonyl (C=O) groups excluding carboxylic acids is 2. The van der Waals surface area contributed by atoms with Crippen molar-refractivity contribution in [2.45, 2.75) is 50.7 Å². The monoisotopic (exact) mass is 627 g/mol. The number of rotatable bonds is 11. The lowest BCUT2D eigenvalue weighted by Gasteiger charge is -2.22. The molecule has 236 valence electrons. The van der Waals surface area contributed by atoms with Gasteiger partial charge in [-0.15, -0.1) is 0 Å². The van der Waals surface area contributed by atoms with Gasteiger partial charge >= 0.3 is 12.2 Å². The second-order valence-electron chi connectivity index (χ2n) is 11.5. The van der Waals surface area contributed by atoms with E-state index in [4.69, 9.17) is 4.74 Å². The number of hydrogen-bond donors (Lipinski definition) is 1. The fourth-order valence-corrected chi connectivity index (χ4v) is 5.85. The molecule has 3 aromatic carbocycles. The highest BCUT2D eigenvalue weighted by atomic mass is 19.4. The number of para-hydroxylation sites is 1. The number of benzene rings is 3. The quantitative estimate of drug-likeness (QED) is 0.123. The lowest BCUT2D eigenvalue weighted by atomic mass is 9.91. The number of ether oxygens (including phenoxy) is 1. The molecule has 1 atom stereocenters. The van der Waals surface area contributed by atoms with Gasteiger partial charge in [-0.25, -0.2) is 4.79 Å². The summed E-state index contributed by atoms with van der Waals surface area (Å²) in [6.07, 6.45) is 3.28. The Morgan fingerprint density at radius 1 is 0.870 bits per heavy atom. The first kappa shape index (κ1) is 30.9. The van der Waals surface area contributed by atoms with Crippen LogP contribution in [0.3, 0.4) is 0 Å². The second-order valence-corrected chi connectivity index (χ2v) is 11.5. The van der Waals surface area contributed by atoms with Crippen LogP contribution in [0.4, 0.5) is 18.0 Å². The van der Waals surface area contributed by atoms with E-state index in [0.717, 1.165) is 24.5 Å². The largest absolute Gasteiger partial charge is 0.493 e. The van der Waals surface area contributed by atoms with Crippen molar-refractivity contribution in [3.05, 3.63) is 108 Å². The number of nitrogens with zero attached hydrogens (tertiary/aromatic N) is 4. The van der Waals surface area contributed by atoms with E-state index in [1.807, 2.05) is 30.3 Å². The molecule has 11 heteroatoms. The maximum absolute atomic E-state index is 13.7. The molecule has 3 heterocycles. The molecule has 1 N–H and O–H groups in total. The summed E-state index contributed by atoms with van der Waals surface area (Å²) in [6, 6.07) is 18.5. The first-order valence-corrected chi connectivity index (χ1v) is 15.1. The second kappa shape index (κ2) is 12.7. The van der Waals surface area contributed by atoms with Crippen molar-refractivity contribution in [2.24, 2.45) is 0 Å². The first-order chi connectivity index (χ1) is 22.1. The molecule has 0 spiro atoms. The van der Waals surface area contributed by atoms with Crippen LogP contribution in [0, 0.1) is 0 Å². The zero-order valence-corrected chi connectivity index (χ0v) is 25.2. The predicted octanol–water partition coefficient (Wildman–Crippen LogP) is 7.19. The summed E-state index contributed by atoms with van der Waals surface area (Å²) in [5.41, 5.74) is 1.53. The number of pyridine rings is 1. The summed E-state index contributed by atoms with van der Waals surface area (Å²) < 4.78 is 47.4. The molecule has 0 aliphatic carbocycles. The van der Waals surface area contributed by atoms with Crippen molar-refractivity contribution in [1.82, 2.24) is 25.2 Å². The summed E-state index contributed by atoms with van der Waals surface area (Å²) >= 11 is 0. The van der Waals surface area contributed by atoms with Crippen LogP contribution in [-0.2, 0) is 22.9 Å². The number of unbranched alkanes of at least 4 members (excludes halogenated alkanes) is 3. The van der Waals surface area contributed by atoms with Gasteiger partial charge in [-0.05, 0) is 55.2 Å². The fourth-order valence-electron chi connectivity index (χ4n) is 5.85. The smallest absolute Gasteiger partial charge is 0.418 e. The van der Waals surface area contributed by atoms with Gasteiger partial charge < -0.3 is 10.1 Å². The van der Waals surface area contributed by atoms with E-state index in [-0.39, 0.29) is 18.0 Å². The molecule has 46 heavy (non-hydrogen) atoms. The number of imide groups is 1. The number of fused-ring (bicyclic) bond motifs is 2. The van der Waals surface area contributed by atoms with E-state index in [0.29, 0.717) is 59.2 Å². The zero-order valence-electron chi connectivity index (χ0n) is 25.2. The molecular weight excluding hydrogens is 595 g/mol. The molecule has 1 fully saturated rings. The summed E-state index contributed by atoms with van der Waals surface area (Å²) in [5.74, 6) is 0.0797. The number of halogens is 3. The lowest BCUT2D eigenvalue weighted by Crippen LogP contribution is -2.41. The zero-order chi connectivity index (χ0) is 32.3. The van der Waals surface area contributed by atoms with Crippen LogP contribution < -0.4 is 10.1 Å². The highest BCUT2D eigenvalue weighted by Crippen LogP contribution is 2.38. The van der Waals surface area contributed by atoms with Gasteiger partial charge in [-0.1, -0.05) is 55.3 Å². The van der Waals surface area contributed by atoms with E-state index in [9.17, 15) is 22.8 Å². The van der Waals surface area contributed by atoms with Crippen LogP contribution >= 0.6 is 0 Å². The number of urea groups is 1. The Bertz CT molecular complexity index is 1900. The SMILES string of the molecule is CC1(c2ccc3nccnc3c2)NC(=O)N(CCCCCCOc2c(Cc3ccccc3)cnc3c(C(F)(F)F)cccc23)C1=O. The normalized spacial score (nSPS) is 16.7. The topological polar surface area (TPSA) is 97.3 Å². The highest BCUT2D eigenvalue weighted by Gasteiger charge is 2.48. The molecule has 3 amide bonds. The van der Waals surface area contributed by atoms with Crippen molar-refractivity contribution >= 4 is 33.9 Å². The molecule has 1 aliphatic heterocycles. The Hall–Kier alpha value is -5.06. The molecule has 0 saturated carbocycles. The Morgan fingerprint density at radius 3 is 2.41 bits per heavy atom. The van der Waals surface area contributed by atoms with Crippen molar-refractivity contribution < 1.29 is 27.5 Å². The van der Waals surface area contributed by atoms with Gasteiger partial charge in [0.2, 0.25) is 0 Å². The van der Waals surface area contributed by atoms with E-state index in [2.05, 4.69) is 20.3 Å². The molecular formula is C35H32F3N5O3. The maximum Gasteiger partial charge on any atom is 0.418 e. The fraction of sp³-hybridized carbons (Fsp3) is 0.286. The molecule has 1 saturated heterocycles. The van der Waals surface area contributed by atoms with Gasteiger partial charge in [0.15, 0.2) is 0 Å². The number of carbonyl (C=O) groups is 2. The minimum absolute atomic E-state index is 0.140. The van der Waals surface area contributed by atoms with E-state index >= 15 is 0 Å². The number of hydrogen-bond acceptors (Lipinski definition) is 6. The first-order valence-electron chi connectivity index (χ1n) is 15.1. The van der Waals surface area contributed by atoms with Gasteiger partial charge in [-0.2, -0.15) is 13.2 Å². The summed E-state index contributed by atoms with van der Waals surface area (Å²) in [7, 11) is 0. The van der Waals surface area contributed by atoms with Crippen LogP contribution in [0.2, 0.25) is 0 Å². The van der Waals surface area contributed by atoms with Crippen molar-refractivity contribution in [3.63, 3.8) is 0 Å². The molecule has 5 aromatic rings. The average Bonchev–Trinajstić information content (AvgIpc) is 3.27. The lowest BCUT2D eigenvalue weighted by molar-refractivity contribution is -0.136. The van der Waals surface area contributed by atoms with Crippen molar-refractivity contribution in [1.29, 1.82) is 0 Å². The van der Waals surface area contributed by atoms with Crippen LogP contribution in [0.25, 0.3) is 21.9 Å². The number of alkyl halides is 3. The molecule has 6 rings (SSSR count). The Balaban J connectivity index is 1.06. The Kier molecular flexibility index (Phi) is 8.57. The molecule has 1 aliphatic rings. The van der Waals surface area contributed by atoms with Crippen LogP contribution in [0.5, 0.6) is 5.75 Å². The van der Waals surface area contributed by atoms with Crippen LogP contribution in [0.15, 0.2) is 85.3 Å². The summed E-state index contributed by atoms with van der Waals surface area (Å²) in [5, 5.41) is 3.16. The van der Waals surface area contributed by atoms with Crippen molar-refractivity contribution in [2.75, 3.05) is 13.2 Å². The number of aromatic nitrogens is 3. The van der Waals surface area contributed by atoms with Gasteiger partial charge in [0.25, 0.3) is 5.91 Å². The third kappa shape index (κ3) is 6.22. The minimum Gasteiger partial charge on any atom is -0.493 e. The van der Waals surface area contributed by atoms with E-state index in [1.165, 1.54) is 17.2 Å². The Morgan fingerprint density at radius 2 is 1.63 bits per heavy atom. The maximum atomic E-state index is 13.7. The van der Waals surface area contributed by atoms with Gasteiger partial charge in [0.05, 0.1) is 28.7 Å². The van der Waals surface area contributed by atoms with E-state index < -0.39 is 23.3 Å². The van der Waals surface area contributed by atoms with Crippen LogP contribution in [-0.4, -0.2) is 44.9 Å². The molecule has 0 bridgehead atoms. The molecule has 0 radical (unpaired) electrons. The standard InChI is InChI=1S/C35H32F3N5O3/c1-34(25-14-15-28-29(21-25)40-17-16-39-28)32(44)43(33(45)42-34)18-7-2-3-8-19-46-31-24(20-23-10-5-4-6-11-23)22-41-30-26(31)12-9-13-27(30)35(36,37)38/h4-6,9-17,21-22H,2-3,7-8,18-20H2,1H3,(H,42,45). The average molecular weight is 628 g/mol. The summed E-state index contributed by atoms with van der Waals surface area (Å²) in [4.78, 5) is 40.2. The third-order valence-electron chi connectivity index (χ3n) is 8.31. The minimum atomic E-state index is -4.54. The number of nitrogens with one attached hydrogen (secondary N) is 1. The molecule has 1 unspecified atom stereocenters. The number of amides is 3. The van der Waals surface area contributed by atoms with Gasteiger partial charge in [0.1, 0.15) is 11.3 Å². The molecule has 8 nitrogen and oxygen atoms in total. The van der Waals surface area contributed by atoms with Crippen molar-refractivity contribution in [3.8, 4) is 5.75 Å². The van der Waals surface area contributed by atoms with E-state index in [1.54, 1.807) is 43.6 Å².